The maximum absolute atomic E-state index is 13.0. The molecule has 0 aromatic heterocycles. The summed E-state index contributed by atoms with van der Waals surface area (Å²) in [5, 5.41) is 20.4. The van der Waals surface area contributed by atoms with Crippen LogP contribution in [0.2, 0.25) is 5.02 Å². The minimum atomic E-state index is -3.79. The lowest BCUT2D eigenvalue weighted by molar-refractivity contribution is -0.130. The number of hydrogen-bond acceptors (Lipinski definition) is 6. The van der Waals surface area contributed by atoms with Crippen LogP contribution in [-0.4, -0.2) is 74.2 Å². The summed E-state index contributed by atoms with van der Waals surface area (Å²) in [6.45, 7) is -0.179. The van der Waals surface area contributed by atoms with Gasteiger partial charge in [0.2, 0.25) is 9.84 Å². The first-order valence-electron chi connectivity index (χ1n) is 11.7. The van der Waals surface area contributed by atoms with Gasteiger partial charge < -0.3 is 24.7 Å². The molecular weight excluding hydrogens is 532 g/mol. The van der Waals surface area contributed by atoms with Gasteiger partial charge in [0.15, 0.2) is 6.61 Å². The van der Waals surface area contributed by atoms with Gasteiger partial charge in [-0.3, -0.25) is 4.79 Å². The van der Waals surface area contributed by atoms with Gasteiger partial charge in [0.1, 0.15) is 5.75 Å². The summed E-state index contributed by atoms with van der Waals surface area (Å²) in [4.78, 5) is 26.0. The average Bonchev–Trinajstić information content (AvgIpc) is 2.89. The second kappa shape index (κ2) is 12.8. The Balaban J connectivity index is 1.62. The first-order valence-corrected chi connectivity index (χ1v) is 13.5. The molecule has 0 aliphatic carbocycles. The van der Waals surface area contributed by atoms with E-state index in [1.807, 2.05) is 0 Å². The molecule has 0 radical (unpaired) electrons. The molecule has 0 saturated heterocycles. The van der Waals surface area contributed by atoms with E-state index in [0.29, 0.717) is 22.8 Å². The fourth-order valence-corrected chi connectivity index (χ4v) is 4.98. The monoisotopic (exact) mass is 560 g/mol. The standard InChI is InChI=1S/C27H29ClN2O7S/c1-29(2)26(32)18-37-22-8-12-24(13-9-22)38(35,36)23-10-6-19(7-11-23)14-15-30(27(33)34)17-25(31)20-4-3-5-21(28)16-20/h3-13,16,25,31H,14-15,17-18H2,1-2H3,(H,33,34)/t25-/m0/s1. The van der Waals surface area contributed by atoms with E-state index in [1.54, 1.807) is 50.5 Å². The van der Waals surface area contributed by atoms with Crippen LogP contribution in [0.15, 0.2) is 82.6 Å². The van der Waals surface area contributed by atoms with E-state index in [4.69, 9.17) is 16.3 Å². The molecule has 3 aromatic rings. The van der Waals surface area contributed by atoms with Crippen LogP contribution in [0.3, 0.4) is 0 Å². The Morgan fingerprint density at radius 2 is 1.58 bits per heavy atom. The number of benzene rings is 3. The van der Waals surface area contributed by atoms with Crippen molar-refractivity contribution in [3.05, 3.63) is 88.9 Å². The molecular formula is C27H29ClN2O7S. The maximum Gasteiger partial charge on any atom is 0.407 e. The van der Waals surface area contributed by atoms with E-state index < -0.39 is 22.0 Å². The van der Waals surface area contributed by atoms with Gasteiger partial charge in [0, 0.05) is 25.7 Å². The third-order valence-electron chi connectivity index (χ3n) is 5.80. The molecule has 0 heterocycles. The van der Waals surface area contributed by atoms with Crippen molar-refractivity contribution in [1.29, 1.82) is 0 Å². The quantitative estimate of drug-likeness (QED) is 0.364. The number of halogens is 1. The molecule has 0 bridgehead atoms. The zero-order chi connectivity index (χ0) is 27.9. The van der Waals surface area contributed by atoms with Crippen molar-refractivity contribution >= 4 is 33.4 Å². The van der Waals surface area contributed by atoms with Gasteiger partial charge in [0.05, 0.1) is 22.4 Å². The molecule has 3 rings (SSSR count). The van der Waals surface area contributed by atoms with Crippen LogP contribution in [0.4, 0.5) is 4.79 Å². The highest BCUT2D eigenvalue weighted by molar-refractivity contribution is 7.91. The van der Waals surface area contributed by atoms with Crippen molar-refractivity contribution in [3.63, 3.8) is 0 Å². The minimum absolute atomic E-state index is 0.0728. The SMILES string of the molecule is CN(C)C(=O)COc1ccc(S(=O)(=O)c2ccc(CCN(C[C@H](O)c3cccc(Cl)c3)C(=O)O)cc2)cc1. The Morgan fingerprint density at radius 3 is 2.13 bits per heavy atom. The van der Waals surface area contributed by atoms with Crippen LogP contribution in [0.25, 0.3) is 0 Å². The second-order valence-electron chi connectivity index (χ2n) is 8.75. The number of aliphatic hydroxyl groups is 1. The van der Waals surface area contributed by atoms with E-state index in [1.165, 1.54) is 41.3 Å². The lowest BCUT2D eigenvalue weighted by Gasteiger charge is -2.23. The van der Waals surface area contributed by atoms with E-state index >= 15 is 0 Å². The number of amides is 2. The van der Waals surface area contributed by atoms with E-state index in [0.717, 1.165) is 10.5 Å². The summed E-state index contributed by atoms with van der Waals surface area (Å²) in [5.74, 6) is 0.156. The average molecular weight is 561 g/mol. The predicted molar refractivity (Wildman–Crippen MR) is 142 cm³/mol. The molecule has 202 valence electrons. The maximum atomic E-state index is 13.0. The van der Waals surface area contributed by atoms with Crippen molar-refractivity contribution in [2.24, 2.45) is 0 Å². The number of sulfone groups is 1. The van der Waals surface area contributed by atoms with E-state index in [2.05, 4.69) is 0 Å². The first-order chi connectivity index (χ1) is 18.0. The van der Waals surface area contributed by atoms with Crippen molar-refractivity contribution in [3.8, 4) is 5.75 Å². The van der Waals surface area contributed by atoms with Gasteiger partial charge in [-0.2, -0.15) is 0 Å². The number of likely N-dealkylation sites (N-methyl/N-ethyl adjacent to an activating group) is 1. The van der Waals surface area contributed by atoms with Crippen LogP contribution in [0.1, 0.15) is 17.2 Å². The highest BCUT2D eigenvalue weighted by atomic mass is 35.5. The van der Waals surface area contributed by atoms with Gasteiger partial charge in [0.25, 0.3) is 5.91 Å². The zero-order valence-electron chi connectivity index (χ0n) is 21.0. The highest BCUT2D eigenvalue weighted by Gasteiger charge is 2.20. The second-order valence-corrected chi connectivity index (χ2v) is 11.1. The molecule has 1 atom stereocenters. The third kappa shape index (κ3) is 7.70. The van der Waals surface area contributed by atoms with Crippen molar-refractivity contribution in [2.75, 3.05) is 33.8 Å². The van der Waals surface area contributed by atoms with Crippen LogP contribution in [-0.2, 0) is 21.1 Å². The lowest BCUT2D eigenvalue weighted by atomic mass is 10.1. The molecule has 38 heavy (non-hydrogen) atoms. The number of ether oxygens (including phenoxy) is 1. The number of carbonyl (C=O) groups is 2. The van der Waals surface area contributed by atoms with E-state index in [9.17, 15) is 28.2 Å². The molecule has 0 fully saturated rings. The summed E-state index contributed by atoms with van der Waals surface area (Å²) >= 11 is 5.95. The summed E-state index contributed by atoms with van der Waals surface area (Å²) in [5.41, 5.74) is 1.25. The normalized spacial score (nSPS) is 12.0. The molecule has 2 N–H and O–H groups in total. The Kier molecular flexibility index (Phi) is 9.73. The number of carbonyl (C=O) groups excluding carboxylic acids is 1. The van der Waals surface area contributed by atoms with Crippen molar-refractivity contribution < 1.29 is 33.0 Å². The van der Waals surface area contributed by atoms with Gasteiger partial charge >= 0.3 is 6.09 Å². The fraction of sp³-hybridized carbons (Fsp3) is 0.259. The fourth-order valence-electron chi connectivity index (χ4n) is 3.52. The molecule has 0 aliphatic rings. The number of hydrogen-bond donors (Lipinski definition) is 2. The molecule has 0 saturated carbocycles. The smallest absolute Gasteiger partial charge is 0.407 e. The van der Waals surface area contributed by atoms with Gasteiger partial charge in [-0.1, -0.05) is 35.9 Å². The van der Waals surface area contributed by atoms with Gasteiger partial charge in [-0.25, -0.2) is 13.2 Å². The number of rotatable bonds is 11. The molecule has 9 nitrogen and oxygen atoms in total. The molecule has 3 aromatic carbocycles. The van der Waals surface area contributed by atoms with Crippen molar-refractivity contribution in [2.45, 2.75) is 22.3 Å². The number of carboxylic acid groups (broad SMARTS) is 1. The minimum Gasteiger partial charge on any atom is -0.484 e. The Labute approximate surface area is 226 Å². The largest absolute Gasteiger partial charge is 0.484 e. The topological polar surface area (TPSA) is 124 Å². The Bertz CT molecular complexity index is 1360. The van der Waals surface area contributed by atoms with Crippen LogP contribution < -0.4 is 4.74 Å². The molecule has 2 amide bonds. The van der Waals surface area contributed by atoms with E-state index in [-0.39, 0.29) is 35.4 Å². The molecule has 11 heteroatoms. The van der Waals surface area contributed by atoms with Gasteiger partial charge in [-0.15, -0.1) is 0 Å². The Hall–Kier alpha value is -3.60. The predicted octanol–water partition coefficient (Wildman–Crippen LogP) is 3.90. The van der Waals surface area contributed by atoms with Crippen LogP contribution in [0, 0.1) is 0 Å². The number of aliphatic hydroxyl groups excluding tert-OH is 1. The Morgan fingerprint density at radius 1 is 0.974 bits per heavy atom. The van der Waals surface area contributed by atoms with Gasteiger partial charge in [-0.05, 0) is 66.1 Å². The van der Waals surface area contributed by atoms with Crippen LogP contribution >= 0.6 is 11.6 Å². The third-order valence-corrected chi connectivity index (χ3v) is 7.82. The summed E-state index contributed by atoms with van der Waals surface area (Å²) in [7, 11) is -0.565. The lowest BCUT2D eigenvalue weighted by Crippen LogP contribution is -2.35. The molecule has 0 unspecified atom stereocenters. The first kappa shape index (κ1) is 29.0. The number of nitrogens with zero attached hydrogens (tertiary/aromatic N) is 2. The summed E-state index contributed by atoms with van der Waals surface area (Å²) < 4.78 is 31.4. The van der Waals surface area contributed by atoms with Crippen LogP contribution in [0.5, 0.6) is 5.75 Å². The summed E-state index contributed by atoms with van der Waals surface area (Å²) in [6.07, 6.45) is -1.89. The van der Waals surface area contributed by atoms with Crippen molar-refractivity contribution in [1.82, 2.24) is 9.80 Å². The summed E-state index contributed by atoms with van der Waals surface area (Å²) in [6, 6.07) is 18.6. The molecule has 0 spiro atoms. The molecule has 0 aliphatic heterocycles. The zero-order valence-corrected chi connectivity index (χ0v) is 22.5. The highest BCUT2D eigenvalue weighted by Crippen LogP contribution is 2.24.